The molecule has 4 rings (SSSR count). The number of ether oxygens (including phenoxy) is 2. The molecule has 2 aromatic carbocycles. The van der Waals surface area contributed by atoms with E-state index in [1.54, 1.807) is 55.5 Å². The minimum atomic E-state index is -0.257. The van der Waals surface area contributed by atoms with Crippen molar-refractivity contribution in [1.82, 2.24) is 20.4 Å². The molecule has 1 saturated heterocycles. The highest BCUT2D eigenvalue weighted by molar-refractivity contribution is 5.96. The molecule has 2 heterocycles. The van der Waals surface area contributed by atoms with Crippen LogP contribution < -0.4 is 14.8 Å². The van der Waals surface area contributed by atoms with Gasteiger partial charge in [-0.05, 0) is 43.2 Å². The van der Waals surface area contributed by atoms with Gasteiger partial charge in [-0.25, -0.2) is 0 Å². The van der Waals surface area contributed by atoms with E-state index in [4.69, 9.17) is 13.9 Å². The van der Waals surface area contributed by atoms with E-state index in [1.807, 2.05) is 12.1 Å². The summed E-state index contributed by atoms with van der Waals surface area (Å²) in [6.07, 6.45) is 1.43. The summed E-state index contributed by atoms with van der Waals surface area (Å²) in [5.41, 5.74) is 1.28. The average Bonchev–Trinajstić information content (AvgIpc) is 3.37. The van der Waals surface area contributed by atoms with Gasteiger partial charge in [-0.3, -0.25) is 9.59 Å². The number of benzene rings is 2. The summed E-state index contributed by atoms with van der Waals surface area (Å²) in [6, 6.07) is 14.3. The first-order valence-electron chi connectivity index (χ1n) is 10.8. The van der Waals surface area contributed by atoms with Gasteiger partial charge in [-0.1, -0.05) is 18.2 Å². The minimum absolute atomic E-state index is 0.0254. The number of aromatic nitrogens is 2. The van der Waals surface area contributed by atoms with E-state index in [0.717, 1.165) is 5.56 Å². The van der Waals surface area contributed by atoms with Crippen molar-refractivity contribution in [1.29, 1.82) is 0 Å². The summed E-state index contributed by atoms with van der Waals surface area (Å²) in [4.78, 5) is 26.4. The van der Waals surface area contributed by atoms with E-state index in [9.17, 15) is 9.59 Å². The first-order valence-corrected chi connectivity index (χ1v) is 10.8. The van der Waals surface area contributed by atoms with E-state index < -0.39 is 0 Å². The van der Waals surface area contributed by atoms with Gasteiger partial charge in [-0.2, -0.15) is 0 Å². The second-order valence-corrected chi connectivity index (χ2v) is 7.72. The van der Waals surface area contributed by atoms with Crippen molar-refractivity contribution in [3.63, 3.8) is 0 Å². The zero-order valence-electron chi connectivity index (χ0n) is 18.6. The van der Waals surface area contributed by atoms with Crippen LogP contribution >= 0.6 is 0 Å². The van der Waals surface area contributed by atoms with Gasteiger partial charge < -0.3 is 24.1 Å². The van der Waals surface area contributed by atoms with E-state index in [1.165, 1.54) is 0 Å². The lowest BCUT2D eigenvalue weighted by Gasteiger charge is -2.30. The van der Waals surface area contributed by atoms with E-state index in [2.05, 4.69) is 15.5 Å². The molecule has 1 aromatic heterocycles. The smallest absolute Gasteiger partial charge is 0.251 e. The molecule has 1 aliphatic heterocycles. The number of nitrogens with zero attached hydrogens (tertiary/aromatic N) is 3. The van der Waals surface area contributed by atoms with Crippen LogP contribution in [-0.2, 0) is 4.79 Å². The third kappa shape index (κ3) is 5.14. The van der Waals surface area contributed by atoms with Gasteiger partial charge in [-0.15, -0.1) is 10.2 Å². The van der Waals surface area contributed by atoms with Crippen molar-refractivity contribution in [3.05, 3.63) is 60.0 Å². The average molecular weight is 450 g/mol. The zero-order chi connectivity index (χ0) is 23.2. The summed E-state index contributed by atoms with van der Waals surface area (Å²) in [6.45, 7) is 1.11. The van der Waals surface area contributed by atoms with Crippen LogP contribution in [0.1, 0.15) is 35.0 Å². The number of carbonyl (C=O) groups excluding carboxylic acids is 2. The first kappa shape index (κ1) is 22.3. The summed E-state index contributed by atoms with van der Waals surface area (Å²) in [5.74, 6) is 1.90. The summed E-state index contributed by atoms with van der Waals surface area (Å²) in [7, 11) is 3.15. The van der Waals surface area contributed by atoms with Crippen LogP contribution in [-0.4, -0.2) is 60.8 Å². The third-order valence-corrected chi connectivity index (χ3v) is 5.70. The lowest BCUT2D eigenvalue weighted by Crippen LogP contribution is -2.43. The van der Waals surface area contributed by atoms with E-state index in [0.29, 0.717) is 54.8 Å². The van der Waals surface area contributed by atoms with Crippen LogP contribution in [0.25, 0.3) is 11.5 Å². The Labute approximate surface area is 191 Å². The predicted octanol–water partition coefficient (Wildman–Crippen LogP) is 2.89. The van der Waals surface area contributed by atoms with Crippen molar-refractivity contribution in [2.24, 2.45) is 0 Å². The Bertz CT molecular complexity index is 1110. The Morgan fingerprint density at radius 1 is 1.03 bits per heavy atom. The van der Waals surface area contributed by atoms with Crippen LogP contribution in [0.2, 0.25) is 0 Å². The van der Waals surface area contributed by atoms with E-state index in [-0.39, 0.29) is 24.3 Å². The molecule has 0 unspecified atom stereocenters. The van der Waals surface area contributed by atoms with Gasteiger partial charge in [0.25, 0.3) is 5.91 Å². The SMILES string of the molecule is COc1ccc(-c2nnc(C3CCN(C(=O)CNC(=O)c4ccccc4)CC3)o2)cc1OC. The van der Waals surface area contributed by atoms with Crippen LogP contribution in [0.3, 0.4) is 0 Å². The number of likely N-dealkylation sites (tertiary alicyclic amines) is 1. The molecule has 1 fully saturated rings. The molecule has 3 aromatic rings. The highest BCUT2D eigenvalue weighted by atomic mass is 16.5. The maximum absolute atomic E-state index is 12.5. The Hall–Kier alpha value is -3.88. The first-order chi connectivity index (χ1) is 16.1. The molecule has 33 heavy (non-hydrogen) atoms. The second-order valence-electron chi connectivity index (χ2n) is 7.72. The number of methoxy groups -OCH3 is 2. The van der Waals surface area contributed by atoms with Crippen molar-refractivity contribution in [2.45, 2.75) is 18.8 Å². The number of nitrogens with one attached hydrogen (secondary N) is 1. The van der Waals surface area contributed by atoms with Crippen molar-refractivity contribution in [2.75, 3.05) is 33.9 Å². The quantitative estimate of drug-likeness (QED) is 0.590. The van der Waals surface area contributed by atoms with Crippen molar-refractivity contribution < 1.29 is 23.5 Å². The molecule has 1 aliphatic rings. The summed E-state index contributed by atoms with van der Waals surface area (Å²) < 4.78 is 16.5. The Kier molecular flexibility index (Phi) is 6.87. The number of rotatable bonds is 7. The van der Waals surface area contributed by atoms with Crippen LogP contribution in [0, 0.1) is 0 Å². The fourth-order valence-electron chi connectivity index (χ4n) is 3.82. The number of carbonyl (C=O) groups is 2. The number of hydrogen-bond donors (Lipinski definition) is 1. The topological polar surface area (TPSA) is 107 Å². The Balaban J connectivity index is 1.31. The van der Waals surface area contributed by atoms with E-state index >= 15 is 0 Å². The van der Waals surface area contributed by atoms with Gasteiger partial charge >= 0.3 is 0 Å². The zero-order valence-corrected chi connectivity index (χ0v) is 18.6. The number of hydrogen-bond acceptors (Lipinski definition) is 7. The molecular formula is C24H26N4O5. The molecule has 0 bridgehead atoms. The second kappa shape index (κ2) is 10.2. The number of amides is 2. The van der Waals surface area contributed by atoms with Crippen LogP contribution in [0.4, 0.5) is 0 Å². The molecule has 2 amide bonds. The predicted molar refractivity (Wildman–Crippen MR) is 120 cm³/mol. The lowest BCUT2D eigenvalue weighted by atomic mass is 9.97. The Morgan fingerprint density at radius 3 is 2.45 bits per heavy atom. The molecule has 0 atom stereocenters. The molecule has 9 nitrogen and oxygen atoms in total. The monoisotopic (exact) mass is 450 g/mol. The maximum atomic E-state index is 12.5. The molecule has 0 saturated carbocycles. The third-order valence-electron chi connectivity index (χ3n) is 5.70. The standard InChI is InChI=1S/C24H26N4O5/c1-31-19-9-8-18(14-20(19)32-2)24-27-26-23(33-24)17-10-12-28(13-11-17)21(29)15-25-22(30)16-6-4-3-5-7-16/h3-9,14,17H,10-13,15H2,1-2H3,(H,25,30). The van der Waals surface area contributed by atoms with Crippen LogP contribution in [0.15, 0.2) is 52.9 Å². The lowest BCUT2D eigenvalue weighted by molar-refractivity contribution is -0.131. The van der Waals surface area contributed by atoms with Gasteiger partial charge in [0.1, 0.15) is 0 Å². The van der Waals surface area contributed by atoms with Gasteiger partial charge in [0.2, 0.25) is 17.7 Å². The number of piperidine rings is 1. The molecular weight excluding hydrogens is 424 g/mol. The Morgan fingerprint density at radius 2 is 1.76 bits per heavy atom. The summed E-state index contributed by atoms with van der Waals surface area (Å²) in [5, 5.41) is 11.1. The fraction of sp³-hybridized carbons (Fsp3) is 0.333. The highest BCUT2D eigenvalue weighted by Crippen LogP contribution is 2.33. The molecule has 172 valence electrons. The molecule has 9 heteroatoms. The van der Waals surface area contributed by atoms with Crippen LogP contribution in [0.5, 0.6) is 11.5 Å². The highest BCUT2D eigenvalue weighted by Gasteiger charge is 2.27. The normalized spacial score (nSPS) is 14.1. The van der Waals surface area contributed by atoms with Crippen molar-refractivity contribution >= 4 is 11.8 Å². The summed E-state index contributed by atoms with van der Waals surface area (Å²) >= 11 is 0. The molecule has 0 spiro atoms. The minimum Gasteiger partial charge on any atom is -0.493 e. The molecule has 1 N–H and O–H groups in total. The molecule has 0 radical (unpaired) electrons. The van der Waals surface area contributed by atoms with Gasteiger partial charge in [0.05, 0.1) is 20.8 Å². The van der Waals surface area contributed by atoms with Gasteiger partial charge in [0, 0.05) is 30.1 Å². The molecule has 0 aliphatic carbocycles. The largest absolute Gasteiger partial charge is 0.493 e. The van der Waals surface area contributed by atoms with Crippen molar-refractivity contribution in [3.8, 4) is 23.0 Å². The fourth-order valence-corrected chi connectivity index (χ4v) is 3.82. The maximum Gasteiger partial charge on any atom is 0.251 e. The van der Waals surface area contributed by atoms with Gasteiger partial charge in [0.15, 0.2) is 11.5 Å².